The Morgan fingerprint density at radius 1 is 1.05 bits per heavy atom. The normalized spacial score (nSPS) is 17.2. The molecule has 1 aromatic rings. The fraction of sp³-hybridized carbons (Fsp3) is 0.467. The second kappa shape index (κ2) is 7.81. The topological polar surface area (TPSA) is 74.6 Å². The van der Waals surface area contributed by atoms with E-state index in [0.717, 1.165) is 11.8 Å². The van der Waals surface area contributed by atoms with Gasteiger partial charge in [0, 0.05) is 11.8 Å². The summed E-state index contributed by atoms with van der Waals surface area (Å²) in [6.07, 6.45) is 0.396. The number of benzene rings is 1. The van der Waals surface area contributed by atoms with Gasteiger partial charge in [-0.25, -0.2) is 0 Å². The third kappa shape index (κ3) is 4.93. The second-order valence-corrected chi connectivity index (χ2v) is 4.85. The predicted molar refractivity (Wildman–Crippen MR) is 71.7 cm³/mol. The minimum Gasteiger partial charge on any atom is -0.393 e. The summed E-state index contributed by atoms with van der Waals surface area (Å²) in [7, 11) is 0. The van der Waals surface area contributed by atoms with Gasteiger partial charge in [0.1, 0.15) is 12.6 Å². The van der Waals surface area contributed by atoms with Crippen molar-refractivity contribution in [2.45, 2.75) is 37.9 Å². The molecule has 1 rings (SSSR count). The number of carbonyl (C=O) groups is 2. The van der Waals surface area contributed by atoms with Gasteiger partial charge in [-0.2, -0.15) is 0 Å². The van der Waals surface area contributed by atoms with Crippen LogP contribution < -0.4 is 0 Å². The summed E-state index contributed by atoms with van der Waals surface area (Å²) >= 11 is 0. The van der Waals surface area contributed by atoms with Crippen LogP contribution in [0, 0.1) is 5.92 Å². The highest BCUT2D eigenvalue weighted by Crippen LogP contribution is 2.26. The largest absolute Gasteiger partial charge is 0.393 e. The van der Waals surface area contributed by atoms with Crippen molar-refractivity contribution in [1.82, 2.24) is 0 Å². The van der Waals surface area contributed by atoms with Crippen LogP contribution in [0.25, 0.3) is 0 Å². The Morgan fingerprint density at radius 2 is 1.68 bits per heavy atom. The molecule has 0 aliphatic carbocycles. The molecule has 0 heterocycles. The van der Waals surface area contributed by atoms with Gasteiger partial charge in [-0.1, -0.05) is 30.3 Å². The summed E-state index contributed by atoms with van der Waals surface area (Å²) in [5, 5.41) is 19.0. The molecule has 0 aromatic heterocycles. The molecule has 0 bridgehead atoms. The van der Waals surface area contributed by atoms with E-state index in [1.165, 1.54) is 0 Å². The molecule has 1 aromatic carbocycles. The van der Waals surface area contributed by atoms with Gasteiger partial charge in [0.25, 0.3) is 0 Å². The van der Waals surface area contributed by atoms with Crippen LogP contribution in [0.15, 0.2) is 30.3 Å². The fourth-order valence-corrected chi connectivity index (χ4v) is 2.19. The number of carbonyl (C=O) groups excluding carboxylic acids is 2. The van der Waals surface area contributed by atoms with E-state index < -0.39 is 24.0 Å². The number of rotatable bonds is 8. The van der Waals surface area contributed by atoms with Crippen LogP contribution >= 0.6 is 0 Å². The lowest BCUT2D eigenvalue weighted by molar-refractivity contribution is -0.118. The summed E-state index contributed by atoms with van der Waals surface area (Å²) in [4.78, 5) is 22.4. The lowest BCUT2D eigenvalue weighted by atomic mass is 9.84. The molecule has 0 saturated carbocycles. The van der Waals surface area contributed by atoms with Gasteiger partial charge < -0.3 is 19.8 Å². The highest BCUT2D eigenvalue weighted by atomic mass is 16.3. The Hall–Kier alpha value is -1.52. The summed E-state index contributed by atoms with van der Waals surface area (Å²) in [5.41, 5.74) is 0.763. The molecule has 2 N–H and O–H groups in total. The van der Waals surface area contributed by atoms with E-state index in [1.54, 1.807) is 31.2 Å². The van der Waals surface area contributed by atoms with Crippen molar-refractivity contribution in [2.24, 2.45) is 5.92 Å². The average Bonchev–Trinajstić information content (AvgIpc) is 2.38. The molecular formula is C15H20O4. The van der Waals surface area contributed by atoms with Crippen LogP contribution in [-0.4, -0.2) is 35.0 Å². The second-order valence-electron chi connectivity index (χ2n) is 4.85. The van der Waals surface area contributed by atoms with Gasteiger partial charge in [0.2, 0.25) is 0 Å². The average molecular weight is 264 g/mol. The molecule has 4 unspecified atom stereocenters. The minimum absolute atomic E-state index is 0.173. The molecular weight excluding hydrogens is 244 g/mol. The summed E-state index contributed by atoms with van der Waals surface area (Å²) in [6, 6.07) is 9.02. The van der Waals surface area contributed by atoms with Crippen LogP contribution in [0.3, 0.4) is 0 Å². The van der Waals surface area contributed by atoms with E-state index >= 15 is 0 Å². The maximum Gasteiger partial charge on any atom is 0.128 e. The van der Waals surface area contributed by atoms with Crippen LogP contribution in [0.1, 0.15) is 31.2 Å². The number of hydrogen-bond donors (Lipinski definition) is 2. The van der Waals surface area contributed by atoms with E-state index in [-0.39, 0.29) is 12.8 Å². The Balaban J connectivity index is 2.76. The SMILES string of the molecule is CC(O)CC(O)CC(C=O)C(C=O)c1ccccc1. The lowest BCUT2D eigenvalue weighted by Crippen LogP contribution is -2.24. The Bertz CT molecular complexity index is 388. The third-order valence-corrected chi connectivity index (χ3v) is 3.12. The van der Waals surface area contributed by atoms with Crippen LogP contribution in [-0.2, 0) is 9.59 Å². The predicted octanol–water partition coefficient (Wildman–Crippen LogP) is 1.31. The first-order valence-corrected chi connectivity index (χ1v) is 6.40. The number of aliphatic hydroxyl groups excluding tert-OH is 2. The third-order valence-electron chi connectivity index (χ3n) is 3.12. The monoisotopic (exact) mass is 264 g/mol. The van der Waals surface area contributed by atoms with Gasteiger partial charge >= 0.3 is 0 Å². The minimum atomic E-state index is -0.790. The van der Waals surface area contributed by atoms with Crippen molar-refractivity contribution in [1.29, 1.82) is 0 Å². The summed E-state index contributed by atoms with van der Waals surface area (Å²) < 4.78 is 0. The molecule has 0 amide bonds. The molecule has 4 heteroatoms. The standard InChI is InChI=1S/C15H20O4/c1-11(18)7-14(19)8-13(9-16)15(10-17)12-5-3-2-4-6-12/h2-6,9-11,13-15,18-19H,7-8H2,1H3. The number of aldehydes is 2. The first-order chi connectivity index (χ1) is 9.08. The van der Waals surface area contributed by atoms with Crippen LogP contribution in [0.5, 0.6) is 0 Å². The first-order valence-electron chi connectivity index (χ1n) is 6.40. The summed E-state index contributed by atoms with van der Waals surface area (Å²) in [6.45, 7) is 1.58. The van der Waals surface area contributed by atoms with E-state index in [9.17, 15) is 19.8 Å². The zero-order chi connectivity index (χ0) is 14.3. The number of aliphatic hydroxyl groups is 2. The van der Waals surface area contributed by atoms with E-state index in [0.29, 0.717) is 6.29 Å². The molecule has 0 aliphatic heterocycles. The van der Waals surface area contributed by atoms with Gasteiger partial charge in [0.15, 0.2) is 0 Å². The molecule has 4 nitrogen and oxygen atoms in total. The molecule has 4 atom stereocenters. The zero-order valence-corrected chi connectivity index (χ0v) is 11.0. The molecule has 0 spiro atoms. The Morgan fingerprint density at radius 3 is 2.16 bits per heavy atom. The van der Waals surface area contributed by atoms with Gasteiger partial charge in [0.05, 0.1) is 12.2 Å². The van der Waals surface area contributed by atoms with Crippen molar-refractivity contribution in [3.63, 3.8) is 0 Å². The van der Waals surface area contributed by atoms with Crippen molar-refractivity contribution < 1.29 is 19.8 Å². The zero-order valence-electron chi connectivity index (χ0n) is 11.0. The van der Waals surface area contributed by atoms with Gasteiger partial charge in [-0.3, -0.25) is 0 Å². The first kappa shape index (κ1) is 15.5. The molecule has 104 valence electrons. The summed E-state index contributed by atoms with van der Waals surface area (Å²) in [5.74, 6) is -1.13. The van der Waals surface area contributed by atoms with Crippen molar-refractivity contribution in [3.05, 3.63) is 35.9 Å². The molecule has 0 saturated heterocycles. The van der Waals surface area contributed by atoms with Gasteiger partial charge in [-0.15, -0.1) is 0 Å². The van der Waals surface area contributed by atoms with E-state index in [4.69, 9.17) is 0 Å². The fourth-order valence-electron chi connectivity index (χ4n) is 2.19. The highest BCUT2D eigenvalue weighted by molar-refractivity contribution is 5.70. The van der Waals surface area contributed by atoms with Crippen LogP contribution in [0.2, 0.25) is 0 Å². The molecule has 0 radical (unpaired) electrons. The highest BCUT2D eigenvalue weighted by Gasteiger charge is 2.25. The number of hydrogen-bond acceptors (Lipinski definition) is 4. The molecule has 0 fully saturated rings. The van der Waals surface area contributed by atoms with Crippen molar-refractivity contribution in [2.75, 3.05) is 0 Å². The van der Waals surface area contributed by atoms with Crippen LogP contribution in [0.4, 0.5) is 0 Å². The van der Waals surface area contributed by atoms with E-state index in [1.807, 2.05) is 6.07 Å². The van der Waals surface area contributed by atoms with Crippen molar-refractivity contribution >= 4 is 12.6 Å². The van der Waals surface area contributed by atoms with E-state index in [2.05, 4.69) is 0 Å². The molecule has 0 aliphatic rings. The lowest BCUT2D eigenvalue weighted by Gasteiger charge is -2.21. The Kier molecular flexibility index (Phi) is 6.39. The van der Waals surface area contributed by atoms with Gasteiger partial charge in [-0.05, 0) is 25.3 Å². The smallest absolute Gasteiger partial charge is 0.128 e. The van der Waals surface area contributed by atoms with Crippen molar-refractivity contribution in [3.8, 4) is 0 Å². The maximum atomic E-state index is 11.2. The quantitative estimate of drug-likeness (QED) is 0.694. The maximum absolute atomic E-state index is 11.2. The molecule has 19 heavy (non-hydrogen) atoms. The Labute approximate surface area is 113 Å².